The molecule has 0 aliphatic carbocycles. The second-order valence-electron chi connectivity index (χ2n) is 7.18. The molecule has 0 spiro atoms. The molecule has 1 N–H and O–H groups in total. The number of hydrogen-bond donors (Lipinski definition) is 1. The molecule has 0 radical (unpaired) electrons. The molecule has 5 heteroatoms. The van der Waals surface area contributed by atoms with Gasteiger partial charge in [-0.05, 0) is 55.6 Å². The Kier molecular flexibility index (Phi) is 5.37. The maximum absolute atomic E-state index is 12.6. The van der Waals surface area contributed by atoms with Gasteiger partial charge < -0.3 is 14.5 Å². The highest BCUT2D eigenvalue weighted by Gasteiger charge is 2.27. The van der Waals surface area contributed by atoms with Crippen LogP contribution < -0.4 is 5.32 Å². The van der Waals surface area contributed by atoms with Crippen molar-refractivity contribution < 1.29 is 13.9 Å². The lowest BCUT2D eigenvalue weighted by Crippen LogP contribution is -2.41. The molecule has 1 aromatic carbocycles. The van der Waals surface area contributed by atoms with Gasteiger partial charge in [-0.2, -0.15) is 0 Å². The van der Waals surface area contributed by atoms with Gasteiger partial charge in [-0.25, -0.2) is 0 Å². The van der Waals surface area contributed by atoms with E-state index in [1.165, 1.54) is 11.1 Å². The fraction of sp³-hybridized carbons (Fsp3) is 0.476. The third-order valence-electron chi connectivity index (χ3n) is 5.47. The molecule has 1 aromatic heterocycles. The number of nitrogens with one attached hydrogen (secondary N) is 1. The van der Waals surface area contributed by atoms with E-state index >= 15 is 0 Å². The van der Waals surface area contributed by atoms with Crippen LogP contribution in [0.5, 0.6) is 0 Å². The molecule has 2 aliphatic heterocycles. The zero-order chi connectivity index (χ0) is 17.8. The Morgan fingerprint density at radius 1 is 1.15 bits per heavy atom. The minimum absolute atomic E-state index is 0.0251. The number of likely N-dealkylation sites (tertiary alicyclic amines) is 1. The van der Waals surface area contributed by atoms with Gasteiger partial charge in [0.15, 0.2) is 0 Å². The van der Waals surface area contributed by atoms with Crippen molar-refractivity contribution in [3.63, 3.8) is 0 Å². The number of carbonyl (C=O) groups excluding carboxylic acids is 1. The normalized spacial score (nSPS) is 21.3. The topological polar surface area (TPSA) is 54.7 Å². The Morgan fingerprint density at radius 3 is 2.81 bits per heavy atom. The predicted octanol–water partition coefficient (Wildman–Crippen LogP) is 2.92. The highest BCUT2D eigenvalue weighted by atomic mass is 16.5. The summed E-state index contributed by atoms with van der Waals surface area (Å²) in [4.78, 5) is 14.9. The molecule has 2 aliphatic rings. The van der Waals surface area contributed by atoms with E-state index < -0.39 is 0 Å². The van der Waals surface area contributed by atoms with Gasteiger partial charge in [-0.3, -0.25) is 9.69 Å². The van der Waals surface area contributed by atoms with Gasteiger partial charge >= 0.3 is 0 Å². The minimum Gasteiger partial charge on any atom is -0.468 e. The van der Waals surface area contributed by atoms with Crippen molar-refractivity contribution in [2.24, 2.45) is 5.92 Å². The highest BCUT2D eigenvalue weighted by Crippen LogP contribution is 2.26. The Labute approximate surface area is 154 Å². The Hall–Kier alpha value is -2.11. The maximum atomic E-state index is 12.6. The number of nitrogens with zero attached hydrogens (tertiary/aromatic N) is 1. The molecule has 1 amide bonds. The van der Waals surface area contributed by atoms with E-state index in [4.69, 9.17) is 9.15 Å². The second kappa shape index (κ2) is 8.06. The van der Waals surface area contributed by atoms with Gasteiger partial charge in [0.05, 0.1) is 19.4 Å². The van der Waals surface area contributed by atoms with E-state index in [0.717, 1.165) is 51.3 Å². The molecule has 1 atom stereocenters. The molecule has 3 heterocycles. The summed E-state index contributed by atoms with van der Waals surface area (Å²) in [6.45, 7) is 3.97. The summed E-state index contributed by atoms with van der Waals surface area (Å²) in [7, 11) is 0. The largest absolute Gasteiger partial charge is 0.468 e. The monoisotopic (exact) mass is 354 g/mol. The van der Waals surface area contributed by atoms with Crippen LogP contribution in [-0.2, 0) is 22.5 Å². The summed E-state index contributed by atoms with van der Waals surface area (Å²) in [5.41, 5.74) is 2.55. The average molecular weight is 354 g/mol. The maximum Gasteiger partial charge on any atom is 0.223 e. The van der Waals surface area contributed by atoms with E-state index in [1.54, 1.807) is 6.26 Å². The van der Waals surface area contributed by atoms with Gasteiger partial charge in [-0.15, -0.1) is 0 Å². The van der Waals surface area contributed by atoms with Crippen LogP contribution in [0.25, 0.3) is 0 Å². The van der Waals surface area contributed by atoms with Gasteiger partial charge in [0.2, 0.25) is 5.91 Å². The number of fused-ring (bicyclic) bond motifs is 1. The van der Waals surface area contributed by atoms with Gasteiger partial charge in [-0.1, -0.05) is 24.3 Å². The van der Waals surface area contributed by atoms with Gasteiger partial charge in [0.25, 0.3) is 0 Å². The van der Waals surface area contributed by atoms with E-state index in [-0.39, 0.29) is 17.9 Å². The zero-order valence-corrected chi connectivity index (χ0v) is 15.0. The van der Waals surface area contributed by atoms with Crippen LogP contribution in [0.15, 0.2) is 47.1 Å². The summed E-state index contributed by atoms with van der Waals surface area (Å²) in [5, 5.41) is 3.12. The van der Waals surface area contributed by atoms with Crippen molar-refractivity contribution in [3.05, 3.63) is 59.5 Å². The zero-order valence-electron chi connectivity index (χ0n) is 15.0. The molecular formula is C21H26N2O3. The lowest BCUT2D eigenvalue weighted by molar-refractivity contribution is -0.127. The average Bonchev–Trinajstić information content (AvgIpc) is 3.19. The van der Waals surface area contributed by atoms with Crippen molar-refractivity contribution in [1.82, 2.24) is 10.2 Å². The number of furan rings is 1. The first-order chi connectivity index (χ1) is 12.8. The number of amides is 1. The van der Waals surface area contributed by atoms with E-state index in [1.807, 2.05) is 18.2 Å². The van der Waals surface area contributed by atoms with Crippen LogP contribution in [0.3, 0.4) is 0 Å². The lowest BCUT2D eigenvalue weighted by Gasteiger charge is -2.31. The second-order valence-corrected chi connectivity index (χ2v) is 7.18. The van der Waals surface area contributed by atoms with Crippen LogP contribution in [0.4, 0.5) is 0 Å². The van der Waals surface area contributed by atoms with Crippen molar-refractivity contribution in [2.75, 3.05) is 26.2 Å². The molecule has 26 heavy (non-hydrogen) atoms. The van der Waals surface area contributed by atoms with Crippen LogP contribution in [0, 0.1) is 5.92 Å². The smallest absolute Gasteiger partial charge is 0.223 e. The molecule has 1 saturated heterocycles. The fourth-order valence-electron chi connectivity index (χ4n) is 3.96. The first-order valence-corrected chi connectivity index (χ1v) is 9.51. The number of carbonyl (C=O) groups is 1. The van der Waals surface area contributed by atoms with E-state index in [0.29, 0.717) is 6.54 Å². The molecule has 0 saturated carbocycles. The first-order valence-electron chi connectivity index (χ1n) is 9.51. The lowest BCUT2D eigenvalue weighted by atomic mass is 9.95. The number of ether oxygens (including phenoxy) is 1. The van der Waals surface area contributed by atoms with Crippen LogP contribution in [0.2, 0.25) is 0 Å². The van der Waals surface area contributed by atoms with Gasteiger partial charge in [0, 0.05) is 12.5 Å². The molecule has 138 valence electrons. The van der Waals surface area contributed by atoms with Crippen LogP contribution in [-0.4, -0.2) is 37.0 Å². The third kappa shape index (κ3) is 4.00. The summed E-state index contributed by atoms with van der Waals surface area (Å²) in [5.74, 6) is 1.25. The van der Waals surface area contributed by atoms with Gasteiger partial charge in [0.1, 0.15) is 11.9 Å². The third-order valence-corrected chi connectivity index (χ3v) is 5.47. The minimum atomic E-state index is -0.0251. The first kappa shape index (κ1) is 17.3. The van der Waals surface area contributed by atoms with Crippen molar-refractivity contribution >= 4 is 5.91 Å². The quantitative estimate of drug-likeness (QED) is 0.897. The van der Waals surface area contributed by atoms with Crippen molar-refractivity contribution in [1.29, 1.82) is 0 Å². The Bertz CT molecular complexity index is 721. The SMILES string of the molecule is O=C(NC[C@@H]1OCCc2ccccc21)C1CCN(Cc2ccco2)CC1. The van der Waals surface area contributed by atoms with Crippen molar-refractivity contribution in [2.45, 2.75) is 31.9 Å². The summed E-state index contributed by atoms with van der Waals surface area (Å²) in [6, 6.07) is 12.3. The van der Waals surface area contributed by atoms with Crippen LogP contribution in [0.1, 0.15) is 35.8 Å². The van der Waals surface area contributed by atoms with Crippen LogP contribution >= 0.6 is 0 Å². The molecular weight excluding hydrogens is 328 g/mol. The molecule has 4 rings (SSSR count). The van der Waals surface area contributed by atoms with E-state index in [9.17, 15) is 4.79 Å². The standard InChI is InChI=1S/C21H26N2O3/c24-21(17-7-10-23(11-8-17)15-18-5-3-12-25-18)22-14-20-19-6-2-1-4-16(19)9-13-26-20/h1-6,12,17,20H,7-11,13-15H2,(H,22,24)/t20-/m0/s1. The fourth-order valence-corrected chi connectivity index (χ4v) is 3.96. The Morgan fingerprint density at radius 2 is 2.00 bits per heavy atom. The number of benzene rings is 1. The van der Waals surface area contributed by atoms with Crippen molar-refractivity contribution in [3.8, 4) is 0 Å². The molecule has 5 nitrogen and oxygen atoms in total. The number of piperidine rings is 1. The summed E-state index contributed by atoms with van der Waals surface area (Å²) in [6.07, 6.45) is 4.43. The predicted molar refractivity (Wildman–Crippen MR) is 98.6 cm³/mol. The van der Waals surface area contributed by atoms with E-state index in [2.05, 4.69) is 28.4 Å². The molecule has 2 aromatic rings. The number of hydrogen-bond acceptors (Lipinski definition) is 4. The highest BCUT2D eigenvalue weighted by molar-refractivity contribution is 5.78. The molecule has 1 fully saturated rings. The Balaban J connectivity index is 1.25. The molecule has 0 unspecified atom stereocenters. The summed E-state index contributed by atoms with van der Waals surface area (Å²) < 4.78 is 11.3. The number of rotatable bonds is 5. The summed E-state index contributed by atoms with van der Waals surface area (Å²) >= 11 is 0. The molecule has 0 bridgehead atoms.